The van der Waals surface area contributed by atoms with Gasteiger partial charge >= 0.3 is 0 Å². The van der Waals surface area contributed by atoms with Crippen molar-refractivity contribution in [3.8, 4) is 0 Å². The summed E-state index contributed by atoms with van der Waals surface area (Å²) in [6.07, 6.45) is 4.56. The molecule has 1 saturated carbocycles. The molecule has 2 aromatic heterocycles. The quantitative estimate of drug-likeness (QED) is 0.838. The molecule has 132 valence electrons. The highest BCUT2D eigenvalue weighted by Gasteiger charge is 2.34. The molecule has 0 spiro atoms. The molecule has 0 aromatic carbocycles. The first-order valence-corrected chi connectivity index (χ1v) is 8.91. The van der Waals surface area contributed by atoms with Gasteiger partial charge in [0.2, 0.25) is 0 Å². The zero-order valence-electron chi connectivity index (χ0n) is 14.8. The molecular formula is C19H24N4O2. The Balaban J connectivity index is 1.60. The zero-order valence-corrected chi connectivity index (χ0v) is 14.8. The van der Waals surface area contributed by atoms with Crippen LogP contribution in [0.3, 0.4) is 0 Å². The van der Waals surface area contributed by atoms with Crippen molar-refractivity contribution >= 4 is 5.91 Å². The number of pyridine rings is 1. The molecule has 0 saturated heterocycles. The lowest BCUT2D eigenvalue weighted by Crippen LogP contribution is -2.40. The van der Waals surface area contributed by atoms with Crippen LogP contribution in [0.2, 0.25) is 0 Å². The third-order valence-corrected chi connectivity index (χ3v) is 5.04. The lowest BCUT2D eigenvalue weighted by Gasteiger charge is -2.33. The number of ether oxygens (including phenoxy) is 1. The summed E-state index contributed by atoms with van der Waals surface area (Å²) < 4.78 is 7.72. The van der Waals surface area contributed by atoms with E-state index in [4.69, 9.17) is 4.74 Å². The van der Waals surface area contributed by atoms with Crippen LogP contribution in [0.1, 0.15) is 46.3 Å². The molecule has 2 aromatic rings. The van der Waals surface area contributed by atoms with Gasteiger partial charge in [-0.25, -0.2) is 9.97 Å². The van der Waals surface area contributed by atoms with Gasteiger partial charge in [0.25, 0.3) is 5.91 Å². The number of methoxy groups -OCH3 is 1. The molecule has 1 amide bonds. The summed E-state index contributed by atoms with van der Waals surface area (Å²) in [5.41, 5.74) is 3.59. The van der Waals surface area contributed by atoms with E-state index < -0.39 is 0 Å². The molecule has 6 nitrogen and oxygen atoms in total. The van der Waals surface area contributed by atoms with Crippen molar-refractivity contribution in [1.82, 2.24) is 19.4 Å². The van der Waals surface area contributed by atoms with Crippen molar-refractivity contribution in [2.45, 2.75) is 38.8 Å². The number of amides is 1. The summed E-state index contributed by atoms with van der Waals surface area (Å²) in [6, 6.07) is 5.56. The average Bonchev–Trinajstić information content (AvgIpc) is 3.33. The molecule has 1 atom stereocenters. The van der Waals surface area contributed by atoms with Crippen LogP contribution in [0.4, 0.5) is 0 Å². The molecule has 0 N–H and O–H groups in total. The molecule has 4 rings (SSSR count). The number of carbonyl (C=O) groups is 1. The first-order valence-electron chi connectivity index (χ1n) is 8.91. The number of carbonyl (C=O) groups excluding carboxylic acids is 1. The maximum Gasteiger partial charge on any atom is 0.272 e. The van der Waals surface area contributed by atoms with Crippen LogP contribution in [-0.2, 0) is 17.8 Å². The minimum atomic E-state index is -0.0350. The Kier molecular flexibility index (Phi) is 4.29. The van der Waals surface area contributed by atoms with Crippen molar-refractivity contribution in [1.29, 1.82) is 0 Å². The summed E-state index contributed by atoms with van der Waals surface area (Å²) in [7, 11) is 1.71. The number of rotatable bonds is 5. The molecule has 0 bridgehead atoms. The van der Waals surface area contributed by atoms with Crippen molar-refractivity contribution in [2.24, 2.45) is 5.92 Å². The van der Waals surface area contributed by atoms with Gasteiger partial charge in [-0.15, -0.1) is 0 Å². The highest BCUT2D eigenvalue weighted by molar-refractivity contribution is 5.92. The number of imidazole rings is 1. The molecule has 1 unspecified atom stereocenters. The Morgan fingerprint density at radius 2 is 2.20 bits per heavy atom. The van der Waals surface area contributed by atoms with Gasteiger partial charge in [-0.3, -0.25) is 4.79 Å². The summed E-state index contributed by atoms with van der Waals surface area (Å²) in [5, 5.41) is 0. The molecule has 6 heteroatoms. The standard InChI is InChI=1S/C19H24N4O2/c1-13-4-3-5-16(21-13)19(24)22-9-15(11-25-2)18-17(10-22)20-12-23(18)8-14-6-7-14/h3-5,12,14-15H,6-11H2,1-2H3. The number of nitrogens with zero attached hydrogens (tertiary/aromatic N) is 4. The van der Waals surface area contributed by atoms with E-state index in [1.165, 1.54) is 18.5 Å². The van der Waals surface area contributed by atoms with Crippen LogP contribution in [0.25, 0.3) is 0 Å². The lowest BCUT2D eigenvalue weighted by atomic mass is 9.98. The minimum Gasteiger partial charge on any atom is -0.384 e. The van der Waals surface area contributed by atoms with E-state index in [1.807, 2.05) is 30.3 Å². The Hall–Kier alpha value is -2.21. The van der Waals surface area contributed by atoms with Crippen molar-refractivity contribution < 1.29 is 9.53 Å². The minimum absolute atomic E-state index is 0.0350. The predicted molar refractivity (Wildman–Crippen MR) is 93.3 cm³/mol. The second kappa shape index (κ2) is 6.59. The van der Waals surface area contributed by atoms with E-state index in [2.05, 4.69) is 14.5 Å². The zero-order chi connectivity index (χ0) is 17.4. The molecule has 1 aliphatic carbocycles. The van der Waals surface area contributed by atoms with Gasteiger partial charge in [0, 0.05) is 37.5 Å². The van der Waals surface area contributed by atoms with Crippen LogP contribution in [0.5, 0.6) is 0 Å². The number of fused-ring (bicyclic) bond motifs is 1. The van der Waals surface area contributed by atoms with E-state index in [1.54, 1.807) is 13.2 Å². The maximum atomic E-state index is 12.9. The first kappa shape index (κ1) is 16.3. The number of aryl methyl sites for hydroxylation is 1. The number of hydrogen-bond donors (Lipinski definition) is 0. The van der Waals surface area contributed by atoms with Crippen LogP contribution in [0.15, 0.2) is 24.5 Å². The van der Waals surface area contributed by atoms with Gasteiger partial charge in [-0.1, -0.05) is 6.07 Å². The van der Waals surface area contributed by atoms with Gasteiger partial charge in [-0.2, -0.15) is 0 Å². The number of aromatic nitrogens is 3. The van der Waals surface area contributed by atoms with Gasteiger partial charge < -0.3 is 14.2 Å². The van der Waals surface area contributed by atoms with Crippen molar-refractivity contribution in [3.63, 3.8) is 0 Å². The smallest absolute Gasteiger partial charge is 0.272 e. The van der Waals surface area contributed by atoms with Crippen molar-refractivity contribution in [2.75, 3.05) is 20.3 Å². The van der Waals surface area contributed by atoms with Gasteiger partial charge in [0.1, 0.15) is 5.69 Å². The summed E-state index contributed by atoms with van der Waals surface area (Å²) in [4.78, 5) is 23.7. The highest BCUT2D eigenvalue weighted by atomic mass is 16.5. The predicted octanol–water partition coefficient (Wildman–Crippen LogP) is 2.38. The molecule has 1 aliphatic heterocycles. The van der Waals surface area contributed by atoms with E-state index in [0.717, 1.165) is 23.9 Å². The van der Waals surface area contributed by atoms with Gasteiger partial charge in [-0.05, 0) is 37.8 Å². The third kappa shape index (κ3) is 3.31. The van der Waals surface area contributed by atoms with Crippen molar-refractivity contribution in [3.05, 3.63) is 47.3 Å². The molecule has 3 heterocycles. The van der Waals surface area contributed by atoms with Gasteiger partial charge in [0.15, 0.2) is 0 Å². The highest BCUT2D eigenvalue weighted by Crippen LogP contribution is 2.34. The second-order valence-corrected chi connectivity index (χ2v) is 7.17. The van der Waals surface area contributed by atoms with Crippen LogP contribution in [-0.4, -0.2) is 45.6 Å². The van der Waals surface area contributed by atoms with E-state index >= 15 is 0 Å². The van der Waals surface area contributed by atoms with Crippen LogP contribution < -0.4 is 0 Å². The summed E-state index contributed by atoms with van der Waals surface area (Å²) >= 11 is 0. The van der Waals surface area contributed by atoms with E-state index in [9.17, 15) is 4.79 Å². The Morgan fingerprint density at radius 3 is 2.92 bits per heavy atom. The molecular weight excluding hydrogens is 316 g/mol. The van der Waals surface area contributed by atoms with E-state index in [-0.39, 0.29) is 11.8 Å². The Morgan fingerprint density at radius 1 is 1.36 bits per heavy atom. The fraction of sp³-hybridized carbons (Fsp3) is 0.526. The molecule has 2 aliphatic rings. The first-order chi connectivity index (χ1) is 12.2. The summed E-state index contributed by atoms with van der Waals surface area (Å²) in [6.45, 7) is 4.72. The van der Waals surface area contributed by atoms with E-state index in [0.29, 0.717) is 25.4 Å². The van der Waals surface area contributed by atoms with Gasteiger partial charge in [0.05, 0.1) is 25.2 Å². The number of hydrogen-bond acceptors (Lipinski definition) is 4. The van der Waals surface area contributed by atoms with Crippen LogP contribution in [0, 0.1) is 12.8 Å². The molecule has 25 heavy (non-hydrogen) atoms. The topological polar surface area (TPSA) is 60.2 Å². The largest absolute Gasteiger partial charge is 0.384 e. The molecule has 0 radical (unpaired) electrons. The maximum absolute atomic E-state index is 12.9. The third-order valence-electron chi connectivity index (χ3n) is 5.04. The molecule has 1 fully saturated rings. The normalized spacial score (nSPS) is 19.8. The average molecular weight is 340 g/mol. The fourth-order valence-corrected chi connectivity index (χ4v) is 3.66. The summed E-state index contributed by atoms with van der Waals surface area (Å²) in [5.74, 6) is 0.911. The fourth-order valence-electron chi connectivity index (χ4n) is 3.66. The lowest BCUT2D eigenvalue weighted by molar-refractivity contribution is 0.0666. The second-order valence-electron chi connectivity index (χ2n) is 7.17. The Labute approximate surface area is 147 Å². The monoisotopic (exact) mass is 340 g/mol. The van der Waals surface area contributed by atoms with Crippen LogP contribution >= 0.6 is 0 Å². The Bertz CT molecular complexity index is 781. The SMILES string of the molecule is COCC1CN(C(=O)c2cccc(C)n2)Cc2ncn(CC3CC3)c21.